The van der Waals surface area contributed by atoms with E-state index in [1.807, 2.05) is 0 Å². The summed E-state index contributed by atoms with van der Waals surface area (Å²) in [5.41, 5.74) is 0. The monoisotopic (exact) mass is 150 g/mol. The molecule has 0 aliphatic heterocycles. The van der Waals surface area contributed by atoms with Crippen LogP contribution in [0.15, 0.2) is 0 Å². The second kappa shape index (κ2) is 6.99. The summed E-state index contributed by atoms with van der Waals surface area (Å²) in [6.45, 7) is 1.11. The zero-order chi connectivity index (χ0) is 8.62. The summed E-state index contributed by atoms with van der Waals surface area (Å²) in [6.07, 6.45) is 0. The van der Waals surface area contributed by atoms with Crippen molar-refractivity contribution < 1.29 is 14.3 Å². The predicted molar refractivity (Wildman–Crippen MR) is 42.9 cm³/mol. The van der Waals surface area contributed by atoms with Crippen molar-refractivity contribution in [3.05, 3.63) is 0 Å². The molecule has 0 aliphatic rings. The van der Waals surface area contributed by atoms with Crippen LogP contribution in [0, 0.1) is 0 Å². The van der Waals surface area contributed by atoms with Gasteiger partial charge in [-0.25, -0.2) is 0 Å². The van der Waals surface area contributed by atoms with Crippen LogP contribution >= 0.6 is 0 Å². The zero-order valence-electron chi connectivity index (χ0n) is 7.72. The van der Waals surface area contributed by atoms with Crippen LogP contribution in [0.5, 0.6) is 0 Å². The number of aliphatic hydroxyl groups is 1. The lowest BCUT2D eigenvalue weighted by molar-refractivity contribution is -0.870. The Morgan fingerprint density at radius 2 is 1.50 bits per heavy atom. The normalized spacial score (nSPS) is 10.2. The Kier molecular flexibility index (Phi) is 8.77. The molecular weight excluding hydrogens is 130 g/mol. The first-order chi connectivity index (χ1) is 4.47. The number of nitrogens with zero attached hydrogens (tertiary/aromatic N) is 1. The molecule has 10 heavy (non-hydrogen) atoms. The van der Waals surface area contributed by atoms with Gasteiger partial charge in [-0.15, -0.1) is 0 Å². The van der Waals surface area contributed by atoms with E-state index in [1.54, 1.807) is 14.2 Å². The number of hydrogen-bond acceptors (Lipinski definition) is 2. The molecule has 0 saturated heterocycles. The molecule has 64 valence electrons. The van der Waals surface area contributed by atoms with E-state index in [4.69, 9.17) is 5.11 Å². The van der Waals surface area contributed by atoms with E-state index in [0.29, 0.717) is 0 Å². The summed E-state index contributed by atoms with van der Waals surface area (Å²) in [5, 5.41) is 8.39. The van der Waals surface area contributed by atoms with Gasteiger partial charge in [0.05, 0.1) is 27.7 Å². The summed E-state index contributed by atoms with van der Waals surface area (Å²) < 4.78 is 5.09. The van der Waals surface area contributed by atoms with Gasteiger partial charge in [-0.3, -0.25) is 0 Å². The van der Waals surface area contributed by atoms with E-state index in [2.05, 4.69) is 25.9 Å². The third-order valence-corrected chi connectivity index (χ3v) is 0.771. The number of methoxy groups -OCH3 is 1. The second-order valence-corrected chi connectivity index (χ2v) is 3.15. The zero-order valence-corrected chi connectivity index (χ0v) is 7.72. The molecular formula is C7H20NO2+. The highest BCUT2D eigenvalue weighted by atomic mass is 16.4. The van der Waals surface area contributed by atoms with Crippen molar-refractivity contribution in [3.8, 4) is 0 Å². The topological polar surface area (TPSA) is 29.5 Å². The third kappa shape index (κ3) is 24.8. The molecule has 0 bridgehead atoms. The largest absolute Gasteiger partial charge is 0.391 e. The number of likely N-dealkylation sites (N-methyl/N-ethyl adjacent to an activating group) is 1. The minimum Gasteiger partial charge on any atom is -0.391 e. The van der Waals surface area contributed by atoms with Crippen molar-refractivity contribution in [2.75, 3.05) is 48.5 Å². The molecule has 0 radical (unpaired) electrons. The van der Waals surface area contributed by atoms with Gasteiger partial charge < -0.3 is 14.3 Å². The molecule has 0 atom stereocenters. The first-order valence-electron chi connectivity index (χ1n) is 3.29. The molecule has 0 aromatic rings. The summed E-state index contributed by atoms with van der Waals surface area (Å²) in [6, 6.07) is 0. The maximum absolute atomic E-state index is 8.39. The van der Waals surface area contributed by atoms with Gasteiger partial charge in [-0.2, -0.15) is 0 Å². The average molecular weight is 150 g/mol. The highest BCUT2D eigenvalue weighted by molar-refractivity contribution is 4.19. The molecule has 0 aromatic heterocycles. The highest BCUT2D eigenvalue weighted by Crippen LogP contribution is 1.84. The van der Waals surface area contributed by atoms with Crippen LogP contribution in [0.3, 0.4) is 0 Å². The molecule has 0 saturated carbocycles. The molecule has 0 heterocycles. The van der Waals surface area contributed by atoms with Crippen LogP contribution in [0.1, 0.15) is 0 Å². The second-order valence-electron chi connectivity index (χ2n) is 3.15. The van der Waals surface area contributed by atoms with E-state index in [1.165, 1.54) is 0 Å². The summed E-state index contributed by atoms with van der Waals surface area (Å²) >= 11 is 0. The number of aliphatic hydroxyl groups excluding tert-OH is 1. The van der Waals surface area contributed by atoms with E-state index in [9.17, 15) is 0 Å². The average Bonchev–Trinajstić information content (AvgIpc) is 1.63. The van der Waals surface area contributed by atoms with Gasteiger partial charge in [-0.05, 0) is 0 Å². The molecule has 0 amide bonds. The number of rotatable bonds is 2. The lowest BCUT2D eigenvalue weighted by atomic mass is 10.5. The molecule has 3 nitrogen and oxygen atoms in total. The summed E-state index contributed by atoms with van der Waals surface area (Å²) in [4.78, 5) is 0. The van der Waals surface area contributed by atoms with Crippen LogP contribution in [0.25, 0.3) is 0 Å². The van der Waals surface area contributed by atoms with Crippen molar-refractivity contribution in [3.63, 3.8) is 0 Å². The van der Waals surface area contributed by atoms with Crippen LogP contribution < -0.4 is 0 Å². The standard InChI is InChI=1S/C5H14NO.C2H6O/c1-6(2,3)4-5-7;1-3-2/h7H,4-5H2,1-3H3;1-2H3/q+1;. The fourth-order valence-electron chi connectivity index (χ4n) is 0.300. The summed E-state index contributed by atoms with van der Waals surface area (Å²) in [7, 11) is 9.41. The van der Waals surface area contributed by atoms with Crippen LogP contribution in [-0.2, 0) is 4.74 Å². The van der Waals surface area contributed by atoms with Crippen molar-refractivity contribution in [1.29, 1.82) is 0 Å². The van der Waals surface area contributed by atoms with Gasteiger partial charge in [0.15, 0.2) is 0 Å². The molecule has 0 aliphatic carbocycles. The molecule has 0 unspecified atom stereocenters. The van der Waals surface area contributed by atoms with Gasteiger partial charge in [0.2, 0.25) is 0 Å². The first-order valence-corrected chi connectivity index (χ1v) is 3.29. The van der Waals surface area contributed by atoms with E-state index < -0.39 is 0 Å². The van der Waals surface area contributed by atoms with Gasteiger partial charge in [0, 0.05) is 14.2 Å². The quantitative estimate of drug-likeness (QED) is 0.559. The van der Waals surface area contributed by atoms with E-state index in [0.717, 1.165) is 11.0 Å². The van der Waals surface area contributed by atoms with Crippen molar-refractivity contribution >= 4 is 0 Å². The molecule has 0 rings (SSSR count). The number of quaternary nitrogens is 1. The minimum atomic E-state index is 0.281. The van der Waals surface area contributed by atoms with Gasteiger partial charge >= 0.3 is 0 Å². The molecule has 1 N–H and O–H groups in total. The van der Waals surface area contributed by atoms with Gasteiger partial charge in [0.25, 0.3) is 0 Å². The van der Waals surface area contributed by atoms with Gasteiger partial charge in [-0.1, -0.05) is 0 Å². The maximum Gasteiger partial charge on any atom is 0.101 e. The summed E-state index contributed by atoms with van der Waals surface area (Å²) in [5.74, 6) is 0. The maximum atomic E-state index is 8.39. The van der Waals surface area contributed by atoms with Crippen molar-refractivity contribution in [2.45, 2.75) is 0 Å². The Balaban J connectivity index is 0. The fraction of sp³-hybridized carbons (Fsp3) is 1.00. The van der Waals surface area contributed by atoms with Crippen LogP contribution in [0.4, 0.5) is 0 Å². The lowest BCUT2D eigenvalue weighted by Crippen LogP contribution is -2.36. The molecule has 0 spiro atoms. The molecule has 0 aromatic carbocycles. The fourth-order valence-corrected chi connectivity index (χ4v) is 0.300. The number of hydrogen-bond donors (Lipinski definition) is 1. The smallest absolute Gasteiger partial charge is 0.101 e. The van der Waals surface area contributed by atoms with E-state index in [-0.39, 0.29) is 6.61 Å². The lowest BCUT2D eigenvalue weighted by Gasteiger charge is -2.21. The Morgan fingerprint density at radius 3 is 1.50 bits per heavy atom. The third-order valence-electron chi connectivity index (χ3n) is 0.771. The minimum absolute atomic E-state index is 0.281. The Morgan fingerprint density at radius 1 is 1.20 bits per heavy atom. The SMILES string of the molecule is COC.C[N+](C)(C)CCO. The first kappa shape index (κ1) is 12.5. The molecule has 3 heteroatoms. The number of ether oxygens (including phenoxy) is 1. The predicted octanol–water partition coefficient (Wildman–Crippen LogP) is -0.0525. The Bertz CT molecular complexity index is 59.1. The van der Waals surface area contributed by atoms with Crippen LogP contribution in [0.2, 0.25) is 0 Å². The van der Waals surface area contributed by atoms with Crippen molar-refractivity contribution in [1.82, 2.24) is 0 Å². The van der Waals surface area contributed by atoms with E-state index >= 15 is 0 Å². The Hall–Kier alpha value is -0.120. The molecule has 0 fully saturated rings. The highest BCUT2D eigenvalue weighted by Gasteiger charge is 2.02. The van der Waals surface area contributed by atoms with Gasteiger partial charge in [0.1, 0.15) is 6.54 Å². The van der Waals surface area contributed by atoms with Crippen LogP contribution in [-0.4, -0.2) is 58.1 Å². The van der Waals surface area contributed by atoms with Crippen molar-refractivity contribution in [2.24, 2.45) is 0 Å². The Labute approximate surface area is 63.8 Å².